The van der Waals surface area contributed by atoms with Gasteiger partial charge in [-0.1, -0.05) is 29.4 Å². The van der Waals surface area contributed by atoms with Gasteiger partial charge in [-0.2, -0.15) is 0 Å². The maximum absolute atomic E-state index is 10.8. The molecule has 0 bridgehead atoms. The van der Waals surface area contributed by atoms with E-state index in [-0.39, 0.29) is 5.69 Å². The van der Waals surface area contributed by atoms with Crippen LogP contribution in [0.5, 0.6) is 0 Å². The largest absolute Gasteiger partial charge is 0.476 e. The van der Waals surface area contributed by atoms with Crippen LogP contribution >= 0.6 is 0 Å². The van der Waals surface area contributed by atoms with Gasteiger partial charge in [-0.25, -0.2) is 4.79 Å². The number of hydrogen-bond acceptors (Lipinski definition) is 5. The first-order valence-corrected chi connectivity index (χ1v) is 6.82. The Kier molecular flexibility index (Phi) is 3.98. The van der Waals surface area contributed by atoms with Gasteiger partial charge in [0.05, 0.1) is 13.2 Å². The van der Waals surface area contributed by atoms with E-state index in [9.17, 15) is 4.79 Å². The lowest BCUT2D eigenvalue weighted by atomic mass is 10.1. The number of aromatic nitrogens is 1. The summed E-state index contributed by atoms with van der Waals surface area (Å²) in [5.74, 6) is -0.626. The van der Waals surface area contributed by atoms with Gasteiger partial charge >= 0.3 is 5.97 Å². The Balaban J connectivity index is 1.69. The Morgan fingerprint density at radius 2 is 1.95 bits per heavy atom. The summed E-state index contributed by atoms with van der Waals surface area (Å²) in [5, 5.41) is 12.3. The summed E-state index contributed by atoms with van der Waals surface area (Å²) in [5.41, 5.74) is 1.95. The molecule has 0 aliphatic carbocycles. The van der Waals surface area contributed by atoms with Gasteiger partial charge in [-0.15, -0.1) is 0 Å². The molecule has 0 atom stereocenters. The van der Waals surface area contributed by atoms with Crippen LogP contribution in [-0.2, 0) is 11.3 Å². The molecule has 1 N–H and O–H groups in total. The van der Waals surface area contributed by atoms with Crippen LogP contribution in [0.15, 0.2) is 34.9 Å². The molecule has 3 rings (SSSR count). The molecule has 2 heterocycles. The lowest BCUT2D eigenvalue weighted by Crippen LogP contribution is -2.35. The van der Waals surface area contributed by atoms with Gasteiger partial charge in [0.25, 0.3) is 0 Å². The second kappa shape index (κ2) is 6.07. The fourth-order valence-corrected chi connectivity index (χ4v) is 2.30. The first-order chi connectivity index (χ1) is 10.2. The Labute approximate surface area is 121 Å². The second-order valence-electron chi connectivity index (χ2n) is 4.97. The van der Waals surface area contributed by atoms with E-state index in [0.717, 1.165) is 38.4 Å². The molecule has 6 heteroatoms. The van der Waals surface area contributed by atoms with Gasteiger partial charge in [0.1, 0.15) is 0 Å². The van der Waals surface area contributed by atoms with E-state index in [0.29, 0.717) is 5.76 Å². The van der Waals surface area contributed by atoms with E-state index in [1.807, 2.05) is 24.3 Å². The van der Waals surface area contributed by atoms with E-state index in [2.05, 4.69) is 10.1 Å². The van der Waals surface area contributed by atoms with Crippen LogP contribution in [0.25, 0.3) is 11.3 Å². The monoisotopic (exact) mass is 288 g/mol. The SMILES string of the molecule is O=C(O)c1cc(-c2ccc(CN3CCOCC3)cc2)on1. The summed E-state index contributed by atoms with van der Waals surface area (Å²) >= 11 is 0. The minimum absolute atomic E-state index is 0.0811. The number of hydrogen-bond donors (Lipinski definition) is 1. The predicted octanol–water partition coefficient (Wildman–Crippen LogP) is 1.87. The van der Waals surface area contributed by atoms with Crippen LogP contribution in [-0.4, -0.2) is 47.4 Å². The average Bonchev–Trinajstić information content (AvgIpc) is 2.99. The smallest absolute Gasteiger partial charge is 0.358 e. The Morgan fingerprint density at radius 3 is 2.57 bits per heavy atom. The zero-order chi connectivity index (χ0) is 14.7. The van der Waals surface area contributed by atoms with Gasteiger partial charge in [-0.05, 0) is 5.56 Å². The van der Waals surface area contributed by atoms with Crippen LogP contribution in [0.2, 0.25) is 0 Å². The number of carbonyl (C=O) groups is 1. The first-order valence-electron chi connectivity index (χ1n) is 6.82. The fourth-order valence-electron chi connectivity index (χ4n) is 2.30. The van der Waals surface area contributed by atoms with E-state index in [4.69, 9.17) is 14.4 Å². The van der Waals surface area contributed by atoms with E-state index < -0.39 is 5.97 Å². The number of carboxylic acid groups (broad SMARTS) is 1. The van der Waals surface area contributed by atoms with E-state index in [1.54, 1.807) is 0 Å². The fraction of sp³-hybridized carbons (Fsp3) is 0.333. The normalized spacial score (nSPS) is 16.0. The summed E-state index contributed by atoms with van der Waals surface area (Å²) in [6.07, 6.45) is 0. The molecule has 110 valence electrons. The molecule has 1 aromatic carbocycles. The topological polar surface area (TPSA) is 75.8 Å². The van der Waals surface area contributed by atoms with Crippen LogP contribution in [0, 0.1) is 0 Å². The highest BCUT2D eigenvalue weighted by Crippen LogP contribution is 2.21. The number of morpholine rings is 1. The van der Waals surface area contributed by atoms with Crippen molar-refractivity contribution in [3.8, 4) is 11.3 Å². The molecule has 0 spiro atoms. The molecule has 1 aliphatic heterocycles. The highest BCUT2D eigenvalue weighted by Gasteiger charge is 2.13. The molecule has 1 aromatic heterocycles. The molecule has 1 fully saturated rings. The van der Waals surface area contributed by atoms with Gasteiger partial charge in [0.2, 0.25) is 0 Å². The summed E-state index contributed by atoms with van der Waals surface area (Å²) in [7, 11) is 0. The Bertz CT molecular complexity index is 615. The summed E-state index contributed by atoms with van der Waals surface area (Å²) in [4.78, 5) is 13.1. The molecule has 0 saturated carbocycles. The van der Waals surface area contributed by atoms with Crippen molar-refractivity contribution in [3.63, 3.8) is 0 Å². The highest BCUT2D eigenvalue weighted by atomic mass is 16.5. The highest BCUT2D eigenvalue weighted by molar-refractivity contribution is 5.86. The van der Waals surface area contributed by atoms with Crippen LogP contribution in [0.4, 0.5) is 0 Å². The molecule has 1 saturated heterocycles. The lowest BCUT2D eigenvalue weighted by molar-refractivity contribution is 0.0342. The first kappa shape index (κ1) is 13.8. The molecule has 1 aliphatic rings. The quantitative estimate of drug-likeness (QED) is 0.925. The zero-order valence-corrected chi connectivity index (χ0v) is 11.5. The molecular weight excluding hydrogens is 272 g/mol. The van der Waals surface area contributed by atoms with Crippen LogP contribution in [0.1, 0.15) is 16.1 Å². The summed E-state index contributed by atoms with van der Waals surface area (Å²) in [6.45, 7) is 4.36. The molecule has 21 heavy (non-hydrogen) atoms. The number of aromatic carboxylic acids is 1. The van der Waals surface area contributed by atoms with Gasteiger partial charge in [0, 0.05) is 31.3 Å². The standard InChI is InChI=1S/C15H16N2O4/c18-15(19)13-9-14(21-16-13)12-3-1-11(2-4-12)10-17-5-7-20-8-6-17/h1-4,9H,5-8,10H2,(H,18,19). The van der Waals surface area contributed by atoms with Crippen molar-refractivity contribution in [2.45, 2.75) is 6.54 Å². The predicted molar refractivity (Wildman–Crippen MR) is 75.0 cm³/mol. The van der Waals surface area contributed by atoms with Crippen molar-refractivity contribution >= 4 is 5.97 Å². The third-order valence-corrected chi connectivity index (χ3v) is 3.48. The molecule has 0 radical (unpaired) electrons. The molecule has 6 nitrogen and oxygen atoms in total. The zero-order valence-electron chi connectivity index (χ0n) is 11.5. The summed E-state index contributed by atoms with van der Waals surface area (Å²) in [6, 6.07) is 9.31. The van der Waals surface area contributed by atoms with Crippen molar-refractivity contribution < 1.29 is 19.2 Å². The van der Waals surface area contributed by atoms with Crippen LogP contribution < -0.4 is 0 Å². The number of nitrogens with zero attached hydrogens (tertiary/aromatic N) is 2. The number of carboxylic acids is 1. The van der Waals surface area contributed by atoms with Gasteiger partial charge < -0.3 is 14.4 Å². The minimum Gasteiger partial charge on any atom is -0.476 e. The Morgan fingerprint density at radius 1 is 1.24 bits per heavy atom. The minimum atomic E-state index is -1.09. The third-order valence-electron chi connectivity index (χ3n) is 3.48. The van der Waals surface area contributed by atoms with Gasteiger partial charge in [0.15, 0.2) is 11.5 Å². The van der Waals surface area contributed by atoms with Crippen molar-refractivity contribution in [3.05, 3.63) is 41.6 Å². The average molecular weight is 288 g/mol. The maximum Gasteiger partial charge on any atom is 0.358 e. The maximum atomic E-state index is 10.8. The Hall–Kier alpha value is -2.18. The number of rotatable bonds is 4. The lowest BCUT2D eigenvalue weighted by Gasteiger charge is -2.26. The molecule has 0 amide bonds. The van der Waals surface area contributed by atoms with E-state index >= 15 is 0 Å². The molecular formula is C15H16N2O4. The molecule has 2 aromatic rings. The second-order valence-corrected chi connectivity index (χ2v) is 4.97. The molecule has 0 unspecified atom stereocenters. The van der Waals surface area contributed by atoms with Crippen LogP contribution in [0.3, 0.4) is 0 Å². The number of ether oxygens (including phenoxy) is 1. The number of benzene rings is 1. The van der Waals surface area contributed by atoms with Crippen molar-refractivity contribution in [2.75, 3.05) is 26.3 Å². The van der Waals surface area contributed by atoms with Crippen molar-refractivity contribution in [2.24, 2.45) is 0 Å². The summed E-state index contributed by atoms with van der Waals surface area (Å²) < 4.78 is 10.4. The van der Waals surface area contributed by atoms with Crippen molar-refractivity contribution in [1.29, 1.82) is 0 Å². The third kappa shape index (κ3) is 3.29. The van der Waals surface area contributed by atoms with Gasteiger partial charge in [-0.3, -0.25) is 4.90 Å². The van der Waals surface area contributed by atoms with Crippen molar-refractivity contribution in [1.82, 2.24) is 10.1 Å². The van der Waals surface area contributed by atoms with E-state index in [1.165, 1.54) is 11.6 Å².